The first-order valence-corrected chi connectivity index (χ1v) is 8.06. The topological polar surface area (TPSA) is 0 Å². The fraction of sp³-hybridized carbons (Fsp3) is 0.500. The molecule has 0 fully saturated rings. The van der Waals surface area contributed by atoms with E-state index in [2.05, 4.69) is 26.8 Å². The predicted octanol–water partition coefficient (Wildman–Crippen LogP) is 3.54. The molecule has 14 heavy (non-hydrogen) atoms. The molecule has 1 rings (SSSR count). The number of hydrogen-bond acceptors (Lipinski definition) is 0. The molecular formula is C12H19FSi. The summed E-state index contributed by atoms with van der Waals surface area (Å²) in [5.74, 6) is -0.0882. The Bertz CT molecular complexity index is 284. The maximum absolute atomic E-state index is 13.1. The van der Waals surface area contributed by atoms with Crippen molar-refractivity contribution in [3.8, 4) is 0 Å². The largest absolute Gasteiger partial charge is 0.207 e. The lowest BCUT2D eigenvalue weighted by Crippen LogP contribution is -2.45. The van der Waals surface area contributed by atoms with E-state index in [1.165, 1.54) is 29.4 Å². The van der Waals surface area contributed by atoms with Crippen LogP contribution in [0.15, 0.2) is 24.3 Å². The summed E-state index contributed by atoms with van der Waals surface area (Å²) < 4.78 is 13.1. The van der Waals surface area contributed by atoms with Crippen LogP contribution in [0.4, 0.5) is 4.39 Å². The molecule has 0 bridgehead atoms. The number of halogens is 1. The molecule has 0 N–H and O–H groups in total. The third kappa shape index (κ3) is 2.06. The highest BCUT2D eigenvalue weighted by Crippen LogP contribution is 2.20. The average molecular weight is 210 g/mol. The van der Waals surface area contributed by atoms with E-state index >= 15 is 0 Å². The molecule has 0 radical (unpaired) electrons. The molecule has 0 heterocycles. The van der Waals surface area contributed by atoms with Gasteiger partial charge in [-0.25, -0.2) is 4.39 Å². The van der Waals surface area contributed by atoms with Gasteiger partial charge in [0.15, 0.2) is 0 Å². The van der Waals surface area contributed by atoms with Gasteiger partial charge >= 0.3 is 0 Å². The molecule has 0 saturated heterocycles. The summed E-state index contributed by atoms with van der Waals surface area (Å²) in [6.07, 6.45) is 0. The van der Waals surface area contributed by atoms with Gasteiger partial charge in [0.1, 0.15) is 5.82 Å². The molecule has 0 nitrogen and oxygen atoms in total. The molecule has 0 atom stereocenters. The third-order valence-electron chi connectivity index (χ3n) is 3.47. The SMILES string of the molecule is CC[Si](CC)(CC)c1cccc(F)c1. The Hall–Kier alpha value is -0.633. The van der Waals surface area contributed by atoms with Crippen molar-refractivity contribution < 1.29 is 4.39 Å². The molecule has 0 aliphatic heterocycles. The monoisotopic (exact) mass is 210 g/mol. The Morgan fingerprint density at radius 1 is 1.07 bits per heavy atom. The summed E-state index contributed by atoms with van der Waals surface area (Å²) in [5.41, 5.74) is 0. The van der Waals surface area contributed by atoms with Crippen LogP contribution in [0.5, 0.6) is 0 Å². The lowest BCUT2D eigenvalue weighted by molar-refractivity contribution is 0.629. The van der Waals surface area contributed by atoms with Gasteiger partial charge in [0.2, 0.25) is 0 Å². The van der Waals surface area contributed by atoms with Gasteiger partial charge in [-0.3, -0.25) is 0 Å². The molecule has 0 aliphatic rings. The van der Waals surface area contributed by atoms with Gasteiger partial charge in [0.25, 0.3) is 0 Å². The van der Waals surface area contributed by atoms with Crippen LogP contribution in [0.1, 0.15) is 20.8 Å². The van der Waals surface area contributed by atoms with Crippen molar-refractivity contribution in [3.05, 3.63) is 30.1 Å². The van der Waals surface area contributed by atoms with Crippen molar-refractivity contribution in [2.45, 2.75) is 38.9 Å². The quantitative estimate of drug-likeness (QED) is 0.667. The minimum atomic E-state index is -1.36. The number of benzene rings is 1. The Kier molecular flexibility index (Phi) is 3.87. The molecule has 0 aromatic heterocycles. The van der Waals surface area contributed by atoms with Crippen LogP contribution in [0.25, 0.3) is 0 Å². The Morgan fingerprint density at radius 2 is 1.64 bits per heavy atom. The van der Waals surface area contributed by atoms with Crippen LogP contribution in [0.3, 0.4) is 0 Å². The lowest BCUT2D eigenvalue weighted by Gasteiger charge is -2.28. The minimum absolute atomic E-state index is 0.0882. The van der Waals surface area contributed by atoms with Crippen molar-refractivity contribution in [1.82, 2.24) is 0 Å². The molecule has 0 amide bonds. The Labute approximate surface area is 87.2 Å². The maximum Gasteiger partial charge on any atom is 0.123 e. The van der Waals surface area contributed by atoms with Gasteiger partial charge in [-0.2, -0.15) is 0 Å². The standard InChI is InChI=1S/C12H19FSi/c1-4-14(5-2,6-3)12-9-7-8-11(13)10-12/h7-10H,4-6H2,1-3H3. The fourth-order valence-electron chi connectivity index (χ4n) is 2.18. The van der Waals surface area contributed by atoms with Crippen LogP contribution >= 0.6 is 0 Å². The van der Waals surface area contributed by atoms with E-state index in [-0.39, 0.29) is 5.82 Å². The molecule has 2 heteroatoms. The van der Waals surface area contributed by atoms with Crippen LogP contribution < -0.4 is 5.19 Å². The summed E-state index contributed by atoms with van der Waals surface area (Å²) in [7, 11) is -1.36. The van der Waals surface area contributed by atoms with Gasteiger partial charge in [0.05, 0.1) is 8.07 Å². The second-order valence-corrected chi connectivity index (χ2v) is 9.11. The first kappa shape index (κ1) is 11.4. The van der Waals surface area contributed by atoms with Crippen LogP contribution in [-0.2, 0) is 0 Å². The second kappa shape index (κ2) is 4.74. The molecule has 1 aromatic rings. The maximum atomic E-state index is 13.1. The van der Waals surface area contributed by atoms with E-state index in [0.29, 0.717) is 0 Å². The van der Waals surface area contributed by atoms with Gasteiger partial charge in [-0.05, 0) is 12.1 Å². The molecule has 0 unspecified atom stereocenters. The van der Waals surface area contributed by atoms with Crippen molar-refractivity contribution in [2.75, 3.05) is 0 Å². The van der Waals surface area contributed by atoms with Gasteiger partial charge < -0.3 is 0 Å². The number of hydrogen-bond donors (Lipinski definition) is 0. The first-order chi connectivity index (χ1) is 6.68. The smallest absolute Gasteiger partial charge is 0.123 e. The first-order valence-electron chi connectivity index (χ1n) is 5.44. The predicted molar refractivity (Wildman–Crippen MR) is 63.2 cm³/mol. The summed E-state index contributed by atoms with van der Waals surface area (Å²) in [6, 6.07) is 10.8. The summed E-state index contributed by atoms with van der Waals surface area (Å²) >= 11 is 0. The fourth-order valence-corrected chi connectivity index (χ4v) is 5.80. The van der Waals surface area contributed by atoms with E-state index in [1.807, 2.05) is 6.07 Å². The van der Waals surface area contributed by atoms with Crippen molar-refractivity contribution >= 4 is 13.3 Å². The zero-order valence-corrected chi connectivity index (χ0v) is 10.3. The van der Waals surface area contributed by atoms with Gasteiger partial charge in [-0.1, -0.05) is 56.2 Å². The van der Waals surface area contributed by atoms with Crippen LogP contribution in [-0.4, -0.2) is 8.07 Å². The minimum Gasteiger partial charge on any atom is -0.207 e. The van der Waals surface area contributed by atoms with E-state index in [9.17, 15) is 4.39 Å². The van der Waals surface area contributed by atoms with E-state index in [1.54, 1.807) is 6.07 Å². The van der Waals surface area contributed by atoms with Gasteiger partial charge in [-0.15, -0.1) is 0 Å². The lowest BCUT2D eigenvalue weighted by atomic mass is 10.3. The second-order valence-electron chi connectivity index (χ2n) is 3.85. The van der Waals surface area contributed by atoms with Gasteiger partial charge in [0, 0.05) is 0 Å². The molecule has 1 aromatic carbocycles. The molecular weight excluding hydrogens is 191 g/mol. The van der Waals surface area contributed by atoms with Crippen LogP contribution in [0.2, 0.25) is 18.1 Å². The highest BCUT2D eigenvalue weighted by molar-refractivity contribution is 6.91. The van der Waals surface area contributed by atoms with E-state index < -0.39 is 8.07 Å². The summed E-state index contributed by atoms with van der Waals surface area (Å²) in [4.78, 5) is 0. The summed E-state index contributed by atoms with van der Waals surface area (Å²) in [6.45, 7) is 6.72. The van der Waals surface area contributed by atoms with Crippen molar-refractivity contribution in [2.24, 2.45) is 0 Å². The zero-order chi connectivity index (χ0) is 10.6. The zero-order valence-electron chi connectivity index (χ0n) is 9.31. The van der Waals surface area contributed by atoms with Crippen molar-refractivity contribution in [1.29, 1.82) is 0 Å². The number of rotatable bonds is 4. The highest BCUT2D eigenvalue weighted by atomic mass is 28.3. The van der Waals surface area contributed by atoms with Crippen LogP contribution in [0, 0.1) is 5.82 Å². The molecule has 0 saturated carbocycles. The summed E-state index contributed by atoms with van der Waals surface area (Å²) in [5, 5.41) is 1.28. The Morgan fingerprint density at radius 3 is 2.07 bits per heavy atom. The molecule has 78 valence electrons. The molecule has 0 aliphatic carbocycles. The highest BCUT2D eigenvalue weighted by Gasteiger charge is 2.28. The normalized spacial score (nSPS) is 11.7. The third-order valence-corrected chi connectivity index (χ3v) is 9.06. The Balaban J connectivity index is 3.10. The van der Waals surface area contributed by atoms with E-state index in [4.69, 9.17) is 0 Å². The van der Waals surface area contributed by atoms with E-state index in [0.717, 1.165) is 0 Å². The average Bonchev–Trinajstić information content (AvgIpc) is 2.22. The van der Waals surface area contributed by atoms with Crippen molar-refractivity contribution in [3.63, 3.8) is 0 Å². The molecule has 0 spiro atoms.